The fraction of sp³-hybridized carbons (Fsp3) is 0.0323. The van der Waals surface area contributed by atoms with Gasteiger partial charge in [0.15, 0.2) is 11.4 Å². The van der Waals surface area contributed by atoms with Crippen LogP contribution in [0, 0.1) is 0 Å². The normalized spacial score (nSPS) is 11.7. The molecule has 0 aliphatic rings. The lowest BCUT2D eigenvalue weighted by molar-refractivity contribution is 0.664. The molecule has 0 aliphatic heterocycles. The standard InChI is InChI=1S/C31H21N3O/c1-19(2)28-30-29(24-13-7-9-15-27(24)35-30)33-31(32-28)20-16-17-23-22-12-6-8-14-25(22)34(26(23)18-20)21-10-4-3-5-11-21/h3-18H,1H2,2H3. The van der Waals surface area contributed by atoms with Gasteiger partial charge in [0.1, 0.15) is 16.8 Å². The number of fused-ring (bicyclic) bond motifs is 6. The van der Waals surface area contributed by atoms with Crippen molar-refractivity contribution in [1.82, 2.24) is 14.5 Å². The Morgan fingerprint density at radius 2 is 1.46 bits per heavy atom. The molecule has 0 saturated heterocycles. The molecule has 0 atom stereocenters. The number of furan rings is 1. The van der Waals surface area contributed by atoms with E-state index in [0.29, 0.717) is 11.4 Å². The van der Waals surface area contributed by atoms with Gasteiger partial charge in [-0.15, -0.1) is 0 Å². The first-order valence-corrected chi connectivity index (χ1v) is 11.6. The van der Waals surface area contributed by atoms with Crippen LogP contribution in [-0.2, 0) is 0 Å². The summed E-state index contributed by atoms with van der Waals surface area (Å²) >= 11 is 0. The van der Waals surface area contributed by atoms with Gasteiger partial charge in [-0.2, -0.15) is 0 Å². The molecule has 3 heterocycles. The smallest absolute Gasteiger partial charge is 0.179 e. The summed E-state index contributed by atoms with van der Waals surface area (Å²) in [6, 6.07) is 33.4. The van der Waals surface area contributed by atoms with E-state index >= 15 is 0 Å². The third-order valence-corrected chi connectivity index (χ3v) is 6.57. The minimum absolute atomic E-state index is 0.661. The van der Waals surface area contributed by atoms with E-state index in [0.717, 1.165) is 44.5 Å². The quantitative estimate of drug-likeness (QED) is 0.272. The average Bonchev–Trinajstić information content (AvgIpc) is 3.44. The number of hydrogen-bond acceptors (Lipinski definition) is 3. The molecule has 0 spiro atoms. The summed E-state index contributed by atoms with van der Waals surface area (Å²) in [4.78, 5) is 9.90. The van der Waals surface area contributed by atoms with E-state index in [1.807, 2.05) is 37.3 Å². The largest absolute Gasteiger partial charge is 0.452 e. The lowest BCUT2D eigenvalue weighted by Gasteiger charge is -2.09. The number of nitrogens with zero attached hydrogens (tertiary/aromatic N) is 3. The first-order chi connectivity index (χ1) is 17.2. The SMILES string of the molecule is C=C(C)c1nc(-c2ccc3c4ccccc4n(-c4ccccc4)c3c2)nc2c1oc1ccccc12. The van der Waals surface area contributed by atoms with Gasteiger partial charge in [0.05, 0.1) is 11.0 Å². The molecular weight excluding hydrogens is 430 g/mol. The molecule has 0 N–H and O–H groups in total. The fourth-order valence-electron chi connectivity index (χ4n) is 4.97. The number of para-hydroxylation sites is 3. The lowest BCUT2D eigenvalue weighted by Crippen LogP contribution is -1.96. The molecule has 7 rings (SSSR count). The van der Waals surface area contributed by atoms with Crippen LogP contribution in [0.5, 0.6) is 0 Å². The molecule has 0 amide bonds. The van der Waals surface area contributed by atoms with Gasteiger partial charge < -0.3 is 8.98 Å². The number of hydrogen-bond donors (Lipinski definition) is 0. The van der Waals surface area contributed by atoms with Crippen LogP contribution >= 0.6 is 0 Å². The molecule has 0 fully saturated rings. The summed E-state index contributed by atoms with van der Waals surface area (Å²) in [5, 5.41) is 3.40. The highest BCUT2D eigenvalue weighted by atomic mass is 16.3. The number of rotatable bonds is 3. The Hall–Kier alpha value is -4.70. The first kappa shape index (κ1) is 19.7. The van der Waals surface area contributed by atoms with E-state index in [2.05, 4.69) is 77.9 Å². The molecule has 4 nitrogen and oxygen atoms in total. The summed E-state index contributed by atoms with van der Waals surface area (Å²) in [7, 11) is 0. The van der Waals surface area contributed by atoms with Crippen molar-refractivity contribution in [1.29, 1.82) is 0 Å². The molecule has 0 bridgehead atoms. The topological polar surface area (TPSA) is 43.9 Å². The Morgan fingerprint density at radius 3 is 2.29 bits per heavy atom. The van der Waals surface area contributed by atoms with Crippen LogP contribution in [0.2, 0.25) is 0 Å². The van der Waals surface area contributed by atoms with Crippen LogP contribution in [0.1, 0.15) is 12.6 Å². The van der Waals surface area contributed by atoms with Gasteiger partial charge in [-0.25, -0.2) is 9.97 Å². The summed E-state index contributed by atoms with van der Waals surface area (Å²) in [6.07, 6.45) is 0. The van der Waals surface area contributed by atoms with Crippen LogP contribution in [0.15, 0.2) is 108 Å². The van der Waals surface area contributed by atoms with Gasteiger partial charge >= 0.3 is 0 Å². The first-order valence-electron chi connectivity index (χ1n) is 11.6. The summed E-state index contributed by atoms with van der Waals surface area (Å²) < 4.78 is 8.44. The van der Waals surface area contributed by atoms with E-state index in [9.17, 15) is 0 Å². The highest BCUT2D eigenvalue weighted by molar-refractivity contribution is 6.10. The van der Waals surface area contributed by atoms with Crippen molar-refractivity contribution >= 4 is 49.4 Å². The van der Waals surface area contributed by atoms with E-state index in [4.69, 9.17) is 14.4 Å². The third-order valence-electron chi connectivity index (χ3n) is 6.57. The molecule has 7 aromatic rings. The van der Waals surface area contributed by atoms with Crippen molar-refractivity contribution in [3.05, 3.63) is 109 Å². The highest BCUT2D eigenvalue weighted by Crippen LogP contribution is 2.36. The van der Waals surface area contributed by atoms with E-state index in [1.54, 1.807) is 0 Å². The molecule has 0 aliphatic carbocycles. The van der Waals surface area contributed by atoms with Crippen LogP contribution < -0.4 is 0 Å². The summed E-state index contributed by atoms with van der Waals surface area (Å²) in [6.45, 7) is 6.11. The second kappa shape index (κ2) is 7.40. The minimum Gasteiger partial charge on any atom is -0.452 e. The molecule has 35 heavy (non-hydrogen) atoms. The molecular formula is C31H21N3O. The molecule has 0 radical (unpaired) electrons. The molecule has 4 aromatic carbocycles. The van der Waals surface area contributed by atoms with E-state index in [-0.39, 0.29) is 0 Å². The third kappa shape index (κ3) is 2.93. The van der Waals surface area contributed by atoms with Crippen molar-refractivity contribution in [2.24, 2.45) is 0 Å². The zero-order valence-electron chi connectivity index (χ0n) is 19.2. The van der Waals surface area contributed by atoms with Crippen molar-refractivity contribution in [3.8, 4) is 17.1 Å². The minimum atomic E-state index is 0.661. The molecule has 0 saturated carbocycles. The van der Waals surface area contributed by atoms with Gasteiger partial charge in [0, 0.05) is 27.4 Å². The molecule has 4 heteroatoms. The Morgan fingerprint density at radius 1 is 0.743 bits per heavy atom. The summed E-state index contributed by atoms with van der Waals surface area (Å²) in [5.41, 5.74) is 8.24. The molecule has 166 valence electrons. The fourth-order valence-corrected chi connectivity index (χ4v) is 4.97. The Bertz CT molecular complexity index is 1930. The zero-order valence-corrected chi connectivity index (χ0v) is 19.2. The Balaban J connectivity index is 1.55. The van der Waals surface area contributed by atoms with Crippen LogP contribution in [-0.4, -0.2) is 14.5 Å². The van der Waals surface area contributed by atoms with Crippen molar-refractivity contribution in [3.63, 3.8) is 0 Å². The number of allylic oxidation sites excluding steroid dienone is 1. The predicted molar refractivity (Wildman–Crippen MR) is 144 cm³/mol. The molecule has 3 aromatic heterocycles. The second-order valence-electron chi connectivity index (χ2n) is 8.87. The van der Waals surface area contributed by atoms with Gasteiger partial charge in [-0.05, 0) is 48.9 Å². The van der Waals surface area contributed by atoms with Crippen molar-refractivity contribution in [2.45, 2.75) is 6.92 Å². The monoisotopic (exact) mass is 451 g/mol. The zero-order chi connectivity index (χ0) is 23.5. The highest BCUT2D eigenvalue weighted by Gasteiger charge is 2.18. The Kier molecular flexibility index (Phi) is 4.18. The lowest BCUT2D eigenvalue weighted by atomic mass is 10.1. The van der Waals surface area contributed by atoms with E-state index in [1.165, 1.54) is 16.3 Å². The second-order valence-corrected chi connectivity index (χ2v) is 8.87. The average molecular weight is 452 g/mol. The van der Waals surface area contributed by atoms with Gasteiger partial charge in [-0.3, -0.25) is 0 Å². The summed E-state index contributed by atoms with van der Waals surface area (Å²) in [5.74, 6) is 0.661. The maximum Gasteiger partial charge on any atom is 0.179 e. The van der Waals surface area contributed by atoms with Gasteiger partial charge in [0.2, 0.25) is 0 Å². The van der Waals surface area contributed by atoms with Crippen molar-refractivity contribution in [2.75, 3.05) is 0 Å². The van der Waals surface area contributed by atoms with Gasteiger partial charge in [0.25, 0.3) is 0 Å². The van der Waals surface area contributed by atoms with Crippen molar-refractivity contribution < 1.29 is 4.42 Å². The maximum absolute atomic E-state index is 6.13. The maximum atomic E-state index is 6.13. The van der Waals surface area contributed by atoms with Crippen LogP contribution in [0.25, 0.3) is 66.5 Å². The molecule has 0 unspecified atom stereocenters. The predicted octanol–water partition coefficient (Wildman–Crippen LogP) is 8.17. The van der Waals surface area contributed by atoms with Crippen LogP contribution in [0.4, 0.5) is 0 Å². The van der Waals surface area contributed by atoms with Crippen LogP contribution in [0.3, 0.4) is 0 Å². The Labute approximate surface area is 201 Å². The number of benzene rings is 4. The van der Waals surface area contributed by atoms with Gasteiger partial charge in [-0.1, -0.05) is 67.2 Å². The van der Waals surface area contributed by atoms with E-state index < -0.39 is 0 Å². The number of aromatic nitrogens is 3.